The van der Waals surface area contributed by atoms with Crippen molar-refractivity contribution in [2.24, 2.45) is 0 Å². The van der Waals surface area contributed by atoms with Crippen LogP contribution in [0.2, 0.25) is 0 Å². The zero-order valence-corrected chi connectivity index (χ0v) is 13.4. The number of para-hydroxylation sites is 1. The third-order valence-electron chi connectivity index (χ3n) is 2.40. The Kier molecular flexibility index (Phi) is 8.63. The molecular formula is C13H19ClO6S. The molecule has 0 saturated carbocycles. The minimum atomic E-state index is -3.82. The van der Waals surface area contributed by atoms with Crippen molar-refractivity contribution in [2.45, 2.75) is 4.90 Å². The Hall–Kier alpha value is -0.860. The van der Waals surface area contributed by atoms with E-state index in [1.807, 2.05) is 0 Å². The first-order valence-corrected chi connectivity index (χ1v) is 8.67. The lowest BCUT2D eigenvalue weighted by molar-refractivity contribution is 0.0178. The van der Waals surface area contributed by atoms with Crippen LogP contribution in [0.1, 0.15) is 0 Å². The van der Waals surface area contributed by atoms with Crippen LogP contribution in [-0.2, 0) is 23.3 Å². The van der Waals surface area contributed by atoms with Gasteiger partial charge in [0.25, 0.3) is 9.05 Å². The van der Waals surface area contributed by atoms with Crippen LogP contribution in [0, 0.1) is 0 Å². The van der Waals surface area contributed by atoms with E-state index in [2.05, 4.69) is 0 Å². The number of halogens is 1. The van der Waals surface area contributed by atoms with Gasteiger partial charge in [-0.05, 0) is 12.1 Å². The lowest BCUT2D eigenvalue weighted by atomic mass is 10.3. The fraction of sp³-hybridized carbons (Fsp3) is 0.538. The summed E-state index contributed by atoms with van der Waals surface area (Å²) in [5.41, 5.74) is 0. The van der Waals surface area contributed by atoms with E-state index < -0.39 is 9.05 Å². The highest BCUT2D eigenvalue weighted by Crippen LogP contribution is 2.26. The summed E-state index contributed by atoms with van der Waals surface area (Å²) in [7, 11) is 3.11. The second-order valence-electron chi connectivity index (χ2n) is 3.95. The van der Waals surface area contributed by atoms with E-state index in [0.717, 1.165) is 0 Å². The molecular weight excluding hydrogens is 320 g/mol. The normalized spacial score (nSPS) is 11.5. The third kappa shape index (κ3) is 7.63. The van der Waals surface area contributed by atoms with Crippen LogP contribution in [0.4, 0.5) is 0 Å². The maximum absolute atomic E-state index is 11.3. The number of hydrogen-bond donors (Lipinski definition) is 0. The summed E-state index contributed by atoms with van der Waals surface area (Å²) in [6.45, 7) is 2.52. The first-order chi connectivity index (χ1) is 10.1. The number of ether oxygens (including phenoxy) is 4. The lowest BCUT2D eigenvalue weighted by Gasteiger charge is -2.10. The van der Waals surface area contributed by atoms with Crippen molar-refractivity contribution in [1.82, 2.24) is 0 Å². The summed E-state index contributed by atoms with van der Waals surface area (Å²) in [6.07, 6.45) is 0. The molecule has 21 heavy (non-hydrogen) atoms. The van der Waals surface area contributed by atoms with Crippen molar-refractivity contribution < 1.29 is 27.4 Å². The van der Waals surface area contributed by atoms with Gasteiger partial charge in [0.2, 0.25) is 0 Å². The minimum Gasteiger partial charge on any atom is -0.490 e. The molecule has 0 saturated heterocycles. The molecule has 0 aliphatic rings. The van der Waals surface area contributed by atoms with Gasteiger partial charge in [0, 0.05) is 17.8 Å². The quantitative estimate of drug-likeness (QED) is 0.451. The van der Waals surface area contributed by atoms with Crippen molar-refractivity contribution in [3.63, 3.8) is 0 Å². The van der Waals surface area contributed by atoms with E-state index >= 15 is 0 Å². The summed E-state index contributed by atoms with van der Waals surface area (Å²) < 4.78 is 43.4. The zero-order chi connectivity index (χ0) is 15.6. The van der Waals surface area contributed by atoms with Crippen molar-refractivity contribution in [3.8, 4) is 5.75 Å². The van der Waals surface area contributed by atoms with Crippen LogP contribution >= 0.6 is 10.7 Å². The smallest absolute Gasteiger partial charge is 0.264 e. The molecule has 120 valence electrons. The molecule has 0 aliphatic heterocycles. The Morgan fingerprint density at radius 2 is 1.52 bits per heavy atom. The fourth-order valence-electron chi connectivity index (χ4n) is 1.45. The average molecular weight is 339 g/mol. The first kappa shape index (κ1) is 18.2. The molecule has 6 nitrogen and oxygen atoms in total. The highest BCUT2D eigenvalue weighted by atomic mass is 35.7. The van der Waals surface area contributed by atoms with Crippen molar-refractivity contribution in [1.29, 1.82) is 0 Å². The van der Waals surface area contributed by atoms with Crippen molar-refractivity contribution in [2.75, 3.05) is 46.8 Å². The molecule has 8 heteroatoms. The topological polar surface area (TPSA) is 71.1 Å². The Balaban J connectivity index is 2.22. The second kappa shape index (κ2) is 9.97. The van der Waals surface area contributed by atoms with Gasteiger partial charge in [-0.3, -0.25) is 0 Å². The van der Waals surface area contributed by atoms with Crippen LogP contribution in [0.3, 0.4) is 0 Å². The van der Waals surface area contributed by atoms with E-state index in [-0.39, 0.29) is 17.3 Å². The van der Waals surface area contributed by atoms with E-state index in [1.165, 1.54) is 6.07 Å². The SMILES string of the molecule is COCCOCCOCCOc1ccccc1S(=O)(=O)Cl. The summed E-state index contributed by atoms with van der Waals surface area (Å²) in [5.74, 6) is 0.215. The molecule has 0 unspecified atom stereocenters. The van der Waals surface area contributed by atoms with Crippen LogP contribution in [-0.4, -0.2) is 55.2 Å². The van der Waals surface area contributed by atoms with Crippen LogP contribution < -0.4 is 4.74 Å². The molecule has 0 aromatic heterocycles. The van der Waals surface area contributed by atoms with Crippen molar-refractivity contribution >= 4 is 19.7 Å². The van der Waals surface area contributed by atoms with Crippen LogP contribution in [0.5, 0.6) is 5.75 Å². The molecule has 0 bridgehead atoms. The molecule has 0 heterocycles. The van der Waals surface area contributed by atoms with E-state index in [1.54, 1.807) is 25.3 Å². The van der Waals surface area contributed by atoms with Gasteiger partial charge in [-0.25, -0.2) is 8.42 Å². The largest absolute Gasteiger partial charge is 0.490 e. The summed E-state index contributed by atoms with van der Waals surface area (Å²) in [6, 6.07) is 6.19. The molecule has 0 spiro atoms. The predicted octanol–water partition coefficient (Wildman–Crippen LogP) is 1.67. The number of hydrogen-bond acceptors (Lipinski definition) is 6. The van der Waals surface area contributed by atoms with Crippen LogP contribution in [0.25, 0.3) is 0 Å². The fourth-order valence-corrected chi connectivity index (χ4v) is 2.44. The second-order valence-corrected chi connectivity index (χ2v) is 6.48. The van der Waals surface area contributed by atoms with E-state index in [9.17, 15) is 8.42 Å². The molecule has 1 aromatic carbocycles. The molecule has 1 aromatic rings. The van der Waals surface area contributed by atoms with Crippen LogP contribution in [0.15, 0.2) is 29.2 Å². The van der Waals surface area contributed by atoms with Gasteiger partial charge in [-0.15, -0.1) is 0 Å². The average Bonchev–Trinajstić information content (AvgIpc) is 2.45. The van der Waals surface area contributed by atoms with Gasteiger partial charge in [-0.1, -0.05) is 12.1 Å². The van der Waals surface area contributed by atoms with Gasteiger partial charge >= 0.3 is 0 Å². The number of methoxy groups -OCH3 is 1. The first-order valence-electron chi connectivity index (χ1n) is 6.36. The van der Waals surface area contributed by atoms with Crippen molar-refractivity contribution in [3.05, 3.63) is 24.3 Å². The Bertz CT molecular complexity index is 505. The van der Waals surface area contributed by atoms with Gasteiger partial charge in [-0.2, -0.15) is 0 Å². The number of rotatable bonds is 11. The minimum absolute atomic E-state index is 0.0467. The Labute approximate surface area is 129 Å². The van der Waals surface area contributed by atoms with Gasteiger partial charge in [0.15, 0.2) is 0 Å². The maximum atomic E-state index is 11.3. The number of benzene rings is 1. The summed E-state index contributed by atoms with van der Waals surface area (Å²) in [5, 5.41) is 0. The molecule has 0 atom stereocenters. The summed E-state index contributed by atoms with van der Waals surface area (Å²) >= 11 is 0. The standard InChI is InChI=1S/C13H19ClO6S/c1-17-6-7-18-8-9-19-10-11-20-12-4-2-3-5-13(12)21(14,15)16/h2-5H,6-11H2,1H3. The molecule has 0 radical (unpaired) electrons. The van der Waals surface area contributed by atoms with E-state index in [0.29, 0.717) is 33.0 Å². The maximum Gasteiger partial charge on any atom is 0.264 e. The Morgan fingerprint density at radius 3 is 2.14 bits per heavy atom. The predicted molar refractivity (Wildman–Crippen MR) is 78.5 cm³/mol. The molecule has 1 rings (SSSR count). The van der Waals surface area contributed by atoms with Gasteiger partial charge < -0.3 is 18.9 Å². The summed E-state index contributed by atoms with van der Waals surface area (Å²) in [4.78, 5) is -0.0467. The monoisotopic (exact) mass is 338 g/mol. The lowest BCUT2D eigenvalue weighted by Crippen LogP contribution is -2.13. The van der Waals surface area contributed by atoms with E-state index in [4.69, 9.17) is 29.6 Å². The van der Waals surface area contributed by atoms with Gasteiger partial charge in [0.1, 0.15) is 17.3 Å². The molecule has 0 amide bonds. The molecule has 0 aliphatic carbocycles. The molecule has 0 N–H and O–H groups in total. The van der Waals surface area contributed by atoms with Gasteiger partial charge in [0.05, 0.1) is 33.0 Å². The third-order valence-corrected chi connectivity index (χ3v) is 3.76. The Morgan fingerprint density at radius 1 is 0.952 bits per heavy atom. The molecule has 0 fully saturated rings. The highest BCUT2D eigenvalue weighted by molar-refractivity contribution is 8.13. The highest BCUT2D eigenvalue weighted by Gasteiger charge is 2.15. The zero-order valence-electron chi connectivity index (χ0n) is 11.8.